The van der Waals surface area contributed by atoms with Crippen molar-refractivity contribution >= 4 is 48.7 Å². The van der Waals surface area contributed by atoms with Crippen LogP contribution in [0, 0.1) is 0 Å². The number of benzene rings is 1. The van der Waals surface area contributed by atoms with Gasteiger partial charge in [0, 0.05) is 23.0 Å². The molecular weight excluding hydrogens is 418 g/mol. The van der Waals surface area contributed by atoms with Crippen molar-refractivity contribution in [3.8, 4) is 0 Å². The fourth-order valence-corrected chi connectivity index (χ4v) is 3.76. The van der Waals surface area contributed by atoms with Gasteiger partial charge in [0.2, 0.25) is 0 Å². The van der Waals surface area contributed by atoms with Crippen molar-refractivity contribution in [3.63, 3.8) is 0 Å². The first-order valence-electron chi connectivity index (χ1n) is 6.87. The third kappa shape index (κ3) is 3.26. The first kappa shape index (κ1) is 15.7. The molecule has 5 nitrogen and oxygen atoms in total. The average Bonchev–Trinajstić information content (AvgIpc) is 2.98. The molecule has 1 aliphatic rings. The first-order chi connectivity index (χ1) is 10.5. The minimum absolute atomic E-state index is 0.00417. The molecule has 116 valence electrons. The third-order valence-corrected chi connectivity index (χ3v) is 4.56. The summed E-state index contributed by atoms with van der Waals surface area (Å²) < 4.78 is 12.2. The van der Waals surface area contributed by atoms with Crippen LogP contribution >= 0.6 is 31.9 Å². The standard InChI is InChI=1S/C15H13Br2NO4/c16-9-4-8-5-11(15(20)22-13(8)12(17)6-9)14(19)18-7-10-2-1-3-21-10/h4-6,10H,1-3,7H2,(H,18,19)/t10-/m1/s1. The van der Waals surface area contributed by atoms with Gasteiger partial charge in [-0.05, 0) is 47.0 Å². The molecule has 22 heavy (non-hydrogen) atoms. The van der Waals surface area contributed by atoms with Crippen molar-refractivity contribution in [1.82, 2.24) is 5.32 Å². The maximum atomic E-state index is 12.2. The van der Waals surface area contributed by atoms with E-state index in [1.807, 2.05) is 0 Å². The Morgan fingerprint density at radius 1 is 1.32 bits per heavy atom. The normalized spacial score (nSPS) is 17.8. The predicted octanol–water partition coefficient (Wildman–Crippen LogP) is 3.23. The lowest BCUT2D eigenvalue weighted by Crippen LogP contribution is -2.34. The van der Waals surface area contributed by atoms with Gasteiger partial charge in [0.05, 0.1) is 10.6 Å². The van der Waals surface area contributed by atoms with Gasteiger partial charge >= 0.3 is 5.63 Å². The molecule has 1 amide bonds. The second-order valence-corrected chi connectivity index (χ2v) is 6.87. The molecule has 3 rings (SSSR count). The number of fused-ring (bicyclic) bond motifs is 1. The number of carbonyl (C=O) groups is 1. The summed E-state index contributed by atoms with van der Waals surface area (Å²) in [6.07, 6.45) is 1.95. The monoisotopic (exact) mass is 429 g/mol. The molecule has 0 spiro atoms. The zero-order valence-corrected chi connectivity index (χ0v) is 14.7. The molecule has 2 aromatic rings. The highest BCUT2D eigenvalue weighted by molar-refractivity contribution is 9.11. The fraction of sp³-hybridized carbons (Fsp3) is 0.333. The van der Waals surface area contributed by atoms with Gasteiger partial charge in [-0.15, -0.1) is 0 Å². The van der Waals surface area contributed by atoms with Gasteiger partial charge < -0.3 is 14.5 Å². The minimum Gasteiger partial charge on any atom is -0.421 e. The Morgan fingerprint density at radius 3 is 2.86 bits per heavy atom. The van der Waals surface area contributed by atoms with Crippen LogP contribution in [0.25, 0.3) is 11.0 Å². The predicted molar refractivity (Wildman–Crippen MR) is 89.2 cm³/mol. The second-order valence-electron chi connectivity index (χ2n) is 5.10. The molecule has 1 fully saturated rings. The van der Waals surface area contributed by atoms with E-state index in [4.69, 9.17) is 9.15 Å². The molecule has 0 unspecified atom stereocenters. The highest BCUT2D eigenvalue weighted by atomic mass is 79.9. The van der Waals surface area contributed by atoms with Crippen molar-refractivity contribution in [3.05, 3.63) is 43.1 Å². The molecule has 0 bridgehead atoms. The van der Waals surface area contributed by atoms with Crippen LogP contribution < -0.4 is 10.9 Å². The third-order valence-electron chi connectivity index (χ3n) is 3.51. The molecule has 1 aliphatic heterocycles. The molecule has 0 saturated carbocycles. The summed E-state index contributed by atoms with van der Waals surface area (Å²) >= 11 is 6.71. The summed E-state index contributed by atoms with van der Waals surface area (Å²) in [5, 5.41) is 3.40. The number of amides is 1. The summed E-state index contributed by atoms with van der Waals surface area (Å²) in [4.78, 5) is 24.2. The lowest BCUT2D eigenvalue weighted by Gasteiger charge is -2.10. The smallest absolute Gasteiger partial charge is 0.349 e. The lowest BCUT2D eigenvalue weighted by molar-refractivity contribution is 0.0855. The van der Waals surface area contributed by atoms with Crippen LogP contribution in [0.4, 0.5) is 0 Å². The second kappa shape index (κ2) is 6.52. The fourth-order valence-electron chi connectivity index (χ4n) is 2.42. The minimum atomic E-state index is -0.652. The number of rotatable bonds is 3. The van der Waals surface area contributed by atoms with Crippen molar-refractivity contribution in [2.45, 2.75) is 18.9 Å². The van der Waals surface area contributed by atoms with E-state index in [1.54, 1.807) is 18.2 Å². The quantitative estimate of drug-likeness (QED) is 0.759. The number of halogens is 2. The molecule has 7 heteroatoms. The number of hydrogen-bond donors (Lipinski definition) is 1. The van der Waals surface area contributed by atoms with Gasteiger partial charge in [0.15, 0.2) is 5.58 Å². The molecule has 0 radical (unpaired) electrons. The SMILES string of the molecule is O=C(NC[C@H]1CCCO1)c1cc2cc(Br)cc(Br)c2oc1=O. The topological polar surface area (TPSA) is 68.5 Å². The Morgan fingerprint density at radius 2 is 2.14 bits per heavy atom. The van der Waals surface area contributed by atoms with Gasteiger partial charge in [0.25, 0.3) is 5.91 Å². The summed E-state index contributed by atoms with van der Waals surface area (Å²) in [6.45, 7) is 1.12. The molecular formula is C15H13Br2NO4. The van der Waals surface area contributed by atoms with E-state index in [0.29, 0.717) is 22.0 Å². The molecule has 1 aromatic heterocycles. The highest BCUT2D eigenvalue weighted by Gasteiger charge is 2.19. The Hall–Kier alpha value is -1.18. The van der Waals surface area contributed by atoms with Crippen molar-refractivity contribution in [2.24, 2.45) is 0 Å². The maximum Gasteiger partial charge on any atom is 0.349 e. The number of hydrogen-bond acceptors (Lipinski definition) is 4. The van der Waals surface area contributed by atoms with E-state index < -0.39 is 11.5 Å². The summed E-state index contributed by atoms with van der Waals surface area (Å²) in [5.41, 5.74) is -0.236. The van der Waals surface area contributed by atoms with Crippen molar-refractivity contribution in [1.29, 1.82) is 0 Å². The maximum absolute atomic E-state index is 12.2. The van der Waals surface area contributed by atoms with Gasteiger partial charge in [0.1, 0.15) is 5.56 Å². The summed E-state index contributed by atoms with van der Waals surface area (Å²) in [6, 6.07) is 5.11. The highest BCUT2D eigenvalue weighted by Crippen LogP contribution is 2.28. The first-order valence-corrected chi connectivity index (χ1v) is 8.46. The van der Waals surface area contributed by atoms with Crippen LogP contribution in [0.1, 0.15) is 23.2 Å². The van der Waals surface area contributed by atoms with E-state index >= 15 is 0 Å². The zero-order valence-electron chi connectivity index (χ0n) is 11.5. The van der Waals surface area contributed by atoms with Gasteiger partial charge in [-0.3, -0.25) is 4.79 Å². The lowest BCUT2D eigenvalue weighted by atomic mass is 10.1. The van der Waals surface area contributed by atoms with Crippen molar-refractivity contribution < 1.29 is 13.9 Å². The average molecular weight is 431 g/mol. The number of carbonyl (C=O) groups excluding carboxylic acids is 1. The van der Waals surface area contributed by atoms with Crippen LogP contribution in [-0.4, -0.2) is 25.2 Å². The van der Waals surface area contributed by atoms with Crippen LogP contribution in [0.15, 0.2) is 36.4 Å². The van der Waals surface area contributed by atoms with E-state index in [2.05, 4.69) is 37.2 Å². The van der Waals surface area contributed by atoms with E-state index in [1.165, 1.54) is 0 Å². The molecule has 1 N–H and O–H groups in total. The molecule has 2 heterocycles. The van der Waals surface area contributed by atoms with Gasteiger partial charge in [-0.1, -0.05) is 15.9 Å². The molecule has 0 aliphatic carbocycles. The van der Waals surface area contributed by atoms with Gasteiger partial charge in [-0.25, -0.2) is 4.79 Å². The summed E-state index contributed by atoms with van der Waals surface area (Å²) in [7, 11) is 0. The Bertz CT molecular complexity index is 781. The van der Waals surface area contributed by atoms with Crippen molar-refractivity contribution in [2.75, 3.05) is 13.2 Å². The van der Waals surface area contributed by atoms with Crippen LogP contribution in [0.3, 0.4) is 0 Å². The number of nitrogens with one attached hydrogen (secondary N) is 1. The zero-order chi connectivity index (χ0) is 15.7. The van der Waals surface area contributed by atoms with Crippen LogP contribution in [-0.2, 0) is 4.74 Å². The molecule has 1 saturated heterocycles. The van der Waals surface area contributed by atoms with Gasteiger partial charge in [-0.2, -0.15) is 0 Å². The largest absolute Gasteiger partial charge is 0.421 e. The van der Waals surface area contributed by atoms with E-state index in [0.717, 1.165) is 23.9 Å². The van der Waals surface area contributed by atoms with E-state index in [9.17, 15) is 9.59 Å². The van der Waals surface area contributed by atoms with Crippen LogP contribution in [0.2, 0.25) is 0 Å². The Labute approximate surface area is 143 Å². The Kier molecular flexibility index (Phi) is 4.65. The molecule has 1 aromatic carbocycles. The summed E-state index contributed by atoms with van der Waals surface area (Å²) in [5.74, 6) is -0.442. The van der Waals surface area contributed by atoms with Crippen LogP contribution in [0.5, 0.6) is 0 Å². The Balaban J connectivity index is 1.87. The number of ether oxygens (including phenoxy) is 1. The molecule has 1 atom stereocenters. The van der Waals surface area contributed by atoms with E-state index in [-0.39, 0.29) is 11.7 Å².